The van der Waals surface area contributed by atoms with Crippen LogP contribution in [-0.4, -0.2) is 19.8 Å². The molecule has 3 rings (SSSR count). The van der Waals surface area contributed by atoms with E-state index in [9.17, 15) is 4.79 Å². The zero-order valence-corrected chi connectivity index (χ0v) is 15.2. The van der Waals surface area contributed by atoms with Gasteiger partial charge in [0.05, 0.1) is 5.69 Å². The topological polar surface area (TPSA) is 61.9 Å². The summed E-state index contributed by atoms with van der Waals surface area (Å²) in [5.41, 5.74) is 3.46. The highest BCUT2D eigenvalue weighted by molar-refractivity contribution is 9.10. The third-order valence-corrected chi connectivity index (χ3v) is 4.72. The zero-order chi connectivity index (χ0) is 17.3. The number of aryl methyl sites for hydroxylation is 3. The molecule has 0 atom stereocenters. The lowest BCUT2D eigenvalue weighted by Crippen LogP contribution is -2.23. The van der Waals surface area contributed by atoms with Crippen molar-refractivity contribution in [3.8, 4) is 11.4 Å². The molecule has 0 aliphatic heterocycles. The van der Waals surface area contributed by atoms with Crippen molar-refractivity contribution in [3.05, 3.63) is 68.0 Å². The highest BCUT2D eigenvalue weighted by atomic mass is 79.9. The Kier molecular flexibility index (Phi) is 4.53. The lowest BCUT2D eigenvalue weighted by Gasteiger charge is -2.13. The molecule has 124 valence electrons. The summed E-state index contributed by atoms with van der Waals surface area (Å²) in [4.78, 5) is 12.1. The average molecular weight is 389 g/mol. The fourth-order valence-electron chi connectivity index (χ4n) is 2.36. The van der Waals surface area contributed by atoms with Crippen molar-refractivity contribution in [2.24, 2.45) is 7.05 Å². The molecule has 0 saturated carbocycles. The summed E-state index contributed by atoms with van der Waals surface area (Å²) < 4.78 is 9.40. The van der Waals surface area contributed by atoms with Gasteiger partial charge < -0.3 is 4.74 Å². The fourth-order valence-corrected chi connectivity index (χ4v) is 2.71. The summed E-state index contributed by atoms with van der Waals surface area (Å²) in [6.07, 6.45) is 0. The predicted molar refractivity (Wildman–Crippen MR) is 94.5 cm³/mol. The Morgan fingerprint density at radius 3 is 2.58 bits per heavy atom. The van der Waals surface area contributed by atoms with Crippen LogP contribution in [0.1, 0.15) is 16.7 Å². The largest absolute Gasteiger partial charge is 0.489 e. The molecule has 2 aromatic carbocycles. The summed E-state index contributed by atoms with van der Waals surface area (Å²) in [6.45, 7) is 4.34. The second kappa shape index (κ2) is 6.60. The summed E-state index contributed by atoms with van der Waals surface area (Å²) in [5.74, 6) is 0.758. The van der Waals surface area contributed by atoms with Crippen LogP contribution in [0.5, 0.6) is 5.75 Å². The van der Waals surface area contributed by atoms with E-state index in [1.54, 1.807) is 7.05 Å². The number of rotatable bonds is 4. The van der Waals surface area contributed by atoms with Crippen LogP contribution >= 0.6 is 15.9 Å². The van der Waals surface area contributed by atoms with Crippen molar-refractivity contribution in [2.75, 3.05) is 0 Å². The smallest absolute Gasteiger partial charge is 0.368 e. The summed E-state index contributed by atoms with van der Waals surface area (Å²) in [7, 11) is 1.57. The minimum Gasteiger partial charge on any atom is -0.489 e. The lowest BCUT2D eigenvalue weighted by molar-refractivity contribution is 0.304. The van der Waals surface area contributed by atoms with Gasteiger partial charge in [-0.05, 0) is 53.6 Å². The molecular weight excluding hydrogens is 372 g/mol. The summed E-state index contributed by atoms with van der Waals surface area (Å²) in [5, 5.41) is 7.70. The van der Waals surface area contributed by atoms with Crippen molar-refractivity contribution < 1.29 is 4.74 Å². The number of tetrazole rings is 1. The maximum absolute atomic E-state index is 12.1. The Morgan fingerprint density at radius 2 is 1.92 bits per heavy atom. The van der Waals surface area contributed by atoms with Crippen molar-refractivity contribution in [3.63, 3.8) is 0 Å². The minimum atomic E-state index is -0.292. The average Bonchev–Trinajstić information content (AvgIpc) is 2.89. The number of halogens is 1. The maximum Gasteiger partial charge on any atom is 0.368 e. The summed E-state index contributed by atoms with van der Waals surface area (Å²) >= 11 is 3.50. The van der Waals surface area contributed by atoms with Gasteiger partial charge in [-0.15, -0.1) is 0 Å². The standard InChI is InChI=1S/C17H17BrN4O2/c1-11-5-4-6-16(22-17(23)21(3)19-20-22)14(11)10-24-13-8-7-12(2)15(18)9-13/h4-9H,10H2,1-3H3. The van der Waals surface area contributed by atoms with E-state index in [2.05, 4.69) is 26.4 Å². The van der Waals surface area contributed by atoms with Gasteiger partial charge in [0.2, 0.25) is 0 Å². The van der Waals surface area contributed by atoms with Crippen LogP contribution in [0.25, 0.3) is 5.69 Å². The van der Waals surface area contributed by atoms with Crippen molar-refractivity contribution in [1.29, 1.82) is 0 Å². The van der Waals surface area contributed by atoms with E-state index in [0.29, 0.717) is 12.3 Å². The van der Waals surface area contributed by atoms with Crippen LogP contribution < -0.4 is 10.4 Å². The number of benzene rings is 2. The molecule has 24 heavy (non-hydrogen) atoms. The maximum atomic E-state index is 12.1. The fraction of sp³-hybridized carbons (Fsp3) is 0.235. The van der Waals surface area contributed by atoms with Crippen molar-refractivity contribution in [1.82, 2.24) is 19.8 Å². The molecule has 0 radical (unpaired) electrons. The molecule has 6 nitrogen and oxygen atoms in total. The SMILES string of the molecule is Cc1ccc(OCc2c(C)cccc2-n2nnn(C)c2=O)cc1Br. The first-order valence-electron chi connectivity index (χ1n) is 7.44. The van der Waals surface area contributed by atoms with Gasteiger partial charge in [-0.2, -0.15) is 9.36 Å². The van der Waals surface area contributed by atoms with E-state index in [1.165, 1.54) is 9.36 Å². The van der Waals surface area contributed by atoms with E-state index >= 15 is 0 Å². The Balaban J connectivity index is 1.94. The molecule has 7 heteroatoms. The number of hydrogen-bond donors (Lipinski definition) is 0. The van der Waals surface area contributed by atoms with Crippen LogP contribution in [0, 0.1) is 13.8 Å². The lowest BCUT2D eigenvalue weighted by atomic mass is 10.1. The molecule has 3 aromatic rings. The number of hydrogen-bond acceptors (Lipinski definition) is 4. The quantitative estimate of drug-likeness (QED) is 0.689. The monoisotopic (exact) mass is 388 g/mol. The Bertz CT molecular complexity index is 946. The molecule has 0 fully saturated rings. The molecule has 1 heterocycles. The van der Waals surface area contributed by atoms with E-state index in [4.69, 9.17) is 4.74 Å². The Labute approximate surface area is 147 Å². The first-order chi connectivity index (χ1) is 11.5. The second-order valence-electron chi connectivity index (χ2n) is 5.57. The van der Waals surface area contributed by atoms with Gasteiger partial charge in [0.25, 0.3) is 0 Å². The van der Waals surface area contributed by atoms with E-state index < -0.39 is 0 Å². The molecule has 0 bridgehead atoms. The van der Waals surface area contributed by atoms with Gasteiger partial charge in [-0.3, -0.25) is 0 Å². The third-order valence-electron chi connectivity index (χ3n) is 3.86. The molecule has 0 unspecified atom stereocenters. The van der Waals surface area contributed by atoms with Crippen molar-refractivity contribution in [2.45, 2.75) is 20.5 Å². The van der Waals surface area contributed by atoms with E-state index in [0.717, 1.165) is 26.9 Å². The highest BCUT2D eigenvalue weighted by Crippen LogP contribution is 2.24. The summed E-state index contributed by atoms with van der Waals surface area (Å²) in [6, 6.07) is 11.6. The third kappa shape index (κ3) is 3.12. The second-order valence-corrected chi connectivity index (χ2v) is 6.42. The van der Waals surface area contributed by atoms with Crippen LogP contribution in [0.4, 0.5) is 0 Å². The van der Waals surface area contributed by atoms with Crippen LogP contribution in [0.2, 0.25) is 0 Å². The van der Waals surface area contributed by atoms with Gasteiger partial charge in [-0.1, -0.05) is 34.1 Å². The molecule has 0 aliphatic rings. The molecule has 0 spiro atoms. The van der Waals surface area contributed by atoms with Gasteiger partial charge in [0.1, 0.15) is 12.4 Å². The first kappa shape index (κ1) is 16.4. The number of aromatic nitrogens is 4. The molecular formula is C17H17BrN4O2. The Hall–Kier alpha value is -2.41. The predicted octanol–water partition coefficient (Wildman–Crippen LogP) is 2.92. The normalized spacial score (nSPS) is 10.8. The minimum absolute atomic E-state index is 0.292. The zero-order valence-electron chi connectivity index (χ0n) is 13.7. The molecule has 0 saturated heterocycles. The first-order valence-corrected chi connectivity index (χ1v) is 8.23. The van der Waals surface area contributed by atoms with Crippen LogP contribution in [0.15, 0.2) is 45.7 Å². The van der Waals surface area contributed by atoms with Gasteiger partial charge in [-0.25, -0.2) is 4.79 Å². The van der Waals surface area contributed by atoms with Gasteiger partial charge >= 0.3 is 5.69 Å². The van der Waals surface area contributed by atoms with E-state index in [1.807, 2.05) is 50.2 Å². The number of nitrogens with zero attached hydrogens (tertiary/aromatic N) is 4. The molecule has 1 aromatic heterocycles. The van der Waals surface area contributed by atoms with Crippen LogP contribution in [-0.2, 0) is 13.7 Å². The van der Waals surface area contributed by atoms with Crippen LogP contribution in [0.3, 0.4) is 0 Å². The molecule has 0 aliphatic carbocycles. The van der Waals surface area contributed by atoms with E-state index in [-0.39, 0.29) is 5.69 Å². The molecule has 0 amide bonds. The van der Waals surface area contributed by atoms with Gasteiger partial charge in [0, 0.05) is 17.1 Å². The van der Waals surface area contributed by atoms with Crippen molar-refractivity contribution >= 4 is 15.9 Å². The highest BCUT2D eigenvalue weighted by Gasteiger charge is 2.13. The van der Waals surface area contributed by atoms with Gasteiger partial charge in [0.15, 0.2) is 0 Å². The Morgan fingerprint density at radius 1 is 1.12 bits per heavy atom. The molecule has 0 N–H and O–H groups in total. The number of ether oxygens (including phenoxy) is 1.